The number of nitriles is 1. The summed E-state index contributed by atoms with van der Waals surface area (Å²) in [5, 5.41) is 9.29. The summed E-state index contributed by atoms with van der Waals surface area (Å²) >= 11 is 8.65. The second-order valence-corrected chi connectivity index (χ2v) is 6.06. The lowest BCUT2D eigenvalue weighted by Crippen LogP contribution is -1.81. The summed E-state index contributed by atoms with van der Waals surface area (Å²) in [5.41, 5.74) is 2.90. The molecule has 0 fully saturated rings. The summed E-state index contributed by atoms with van der Waals surface area (Å²) in [6, 6.07) is 8.33. The van der Waals surface area contributed by atoms with Crippen LogP contribution in [0.5, 0.6) is 0 Å². The molecule has 17 heavy (non-hydrogen) atoms. The minimum absolute atomic E-state index is 0.296. The zero-order chi connectivity index (χ0) is 12.4. The van der Waals surface area contributed by atoms with Gasteiger partial charge in [0.05, 0.1) is 0 Å². The van der Waals surface area contributed by atoms with E-state index in [1.165, 1.54) is 22.7 Å². The lowest BCUT2D eigenvalue weighted by molar-refractivity contribution is 1.26. The maximum absolute atomic E-state index is 9.00. The van der Waals surface area contributed by atoms with Crippen LogP contribution in [-0.2, 0) is 0 Å². The van der Waals surface area contributed by atoms with Gasteiger partial charge in [0, 0.05) is 4.90 Å². The Morgan fingerprint density at radius 1 is 1.41 bits per heavy atom. The standard InChI is InChI=1S/C12H9ClN2S2/c1-7-3-4-10(8(2)5-7)16-12-9(6-14)11(13)15-17-12/h3-5H,1-2H3. The summed E-state index contributed by atoms with van der Waals surface area (Å²) in [6.07, 6.45) is 0. The van der Waals surface area contributed by atoms with Crippen LogP contribution in [0.25, 0.3) is 0 Å². The SMILES string of the molecule is Cc1ccc(Sc2snc(Cl)c2C#N)c(C)c1. The van der Waals surface area contributed by atoms with Crippen molar-refractivity contribution in [1.82, 2.24) is 4.37 Å². The largest absolute Gasteiger partial charge is 0.192 e. The van der Waals surface area contributed by atoms with Gasteiger partial charge in [0.25, 0.3) is 0 Å². The Hall–Kier alpha value is -1.02. The van der Waals surface area contributed by atoms with Gasteiger partial charge in [-0.15, -0.1) is 0 Å². The number of benzene rings is 1. The predicted octanol–water partition coefficient (Wildman–Crippen LogP) is 4.44. The highest BCUT2D eigenvalue weighted by Gasteiger charge is 2.13. The van der Waals surface area contributed by atoms with E-state index in [-0.39, 0.29) is 0 Å². The molecule has 0 saturated carbocycles. The molecule has 1 aromatic carbocycles. The molecule has 0 saturated heterocycles. The Labute approximate surface area is 113 Å². The second-order valence-electron chi connectivity index (χ2n) is 3.62. The third-order valence-corrected chi connectivity index (χ3v) is 4.82. The van der Waals surface area contributed by atoms with Crippen molar-refractivity contribution in [2.75, 3.05) is 0 Å². The van der Waals surface area contributed by atoms with Crippen molar-refractivity contribution in [2.24, 2.45) is 0 Å². The summed E-state index contributed by atoms with van der Waals surface area (Å²) < 4.78 is 4.85. The lowest BCUT2D eigenvalue weighted by atomic mass is 10.2. The van der Waals surface area contributed by atoms with Crippen molar-refractivity contribution in [2.45, 2.75) is 23.0 Å². The molecular weight excluding hydrogens is 272 g/mol. The Morgan fingerprint density at radius 3 is 2.82 bits per heavy atom. The molecule has 2 aromatic rings. The highest BCUT2D eigenvalue weighted by molar-refractivity contribution is 8.01. The zero-order valence-corrected chi connectivity index (χ0v) is 11.7. The maximum Gasteiger partial charge on any atom is 0.161 e. The topological polar surface area (TPSA) is 36.7 Å². The van der Waals surface area contributed by atoms with E-state index in [0.717, 1.165) is 9.10 Å². The minimum atomic E-state index is 0.296. The van der Waals surface area contributed by atoms with E-state index in [0.29, 0.717) is 10.7 Å². The molecule has 0 atom stereocenters. The third-order valence-electron chi connectivity index (χ3n) is 2.26. The molecule has 0 unspecified atom stereocenters. The molecule has 0 aliphatic rings. The molecule has 5 heteroatoms. The van der Waals surface area contributed by atoms with Gasteiger partial charge in [0.2, 0.25) is 0 Å². The van der Waals surface area contributed by atoms with Gasteiger partial charge >= 0.3 is 0 Å². The fourth-order valence-corrected chi connectivity index (χ4v) is 3.60. The van der Waals surface area contributed by atoms with Crippen molar-refractivity contribution in [3.8, 4) is 6.07 Å². The molecule has 0 N–H and O–H groups in total. The fraction of sp³-hybridized carbons (Fsp3) is 0.167. The first-order chi connectivity index (χ1) is 8.11. The highest BCUT2D eigenvalue weighted by atomic mass is 35.5. The second kappa shape index (κ2) is 5.09. The van der Waals surface area contributed by atoms with E-state index in [1.807, 2.05) is 0 Å². The van der Waals surface area contributed by atoms with Crippen molar-refractivity contribution < 1.29 is 0 Å². The number of hydrogen-bond acceptors (Lipinski definition) is 4. The van der Waals surface area contributed by atoms with Gasteiger partial charge in [-0.2, -0.15) is 9.64 Å². The zero-order valence-electron chi connectivity index (χ0n) is 9.32. The monoisotopic (exact) mass is 280 g/mol. The summed E-state index contributed by atoms with van der Waals surface area (Å²) in [6.45, 7) is 4.12. The van der Waals surface area contributed by atoms with E-state index in [9.17, 15) is 0 Å². The molecule has 1 aromatic heterocycles. The molecular formula is C12H9ClN2S2. The predicted molar refractivity (Wildman–Crippen MR) is 71.9 cm³/mol. The van der Waals surface area contributed by atoms with Crippen molar-refractivity contribution in [3.63, 3.8) is 0 Å². The van der Waals surface area contributed by atoms with Crippen molar-refractivity contribution in [3.05, 3.63) is 40.0 Å². The molecule has 2 rings (SSSR count). The van der Waals surface area contributed by atoms with E-state index in [2.05, 4.69) is 42.5 Å². The van der Waals surface area contributed by atoms with Gasteiger partial charge in [0.15, 0.2) is 5.15 Å². The van der Waals surface area contributed by atoms with Crippen molar-refractivity contribution in [1.29, 1.82) is 5.26 Å². The summed E-state index contributed by atoms with van der Waals surface area (Å²) in [7, 11) is 0. The lowest BCUT2D eigenvalue weighted by Gasteiger charge is -2.04. The minimum Gasteiger partial charge on any atom is -0.192 e. The van der Waals surface area contributed by atoms with E-state index >= 15 is 0 Å². The Bertz CT molecular complexity index is 599. The summed E-state index contributed by atoms with van der Waals surface area (Å²) in [4.78, 5) is 1.13. The first-order valence-electron chi connectivity index (χ1n) is 4.92. The summed E-state index contributed by atoms with van der Waals surface area (Å²) in [5.74, 6) is 0. The number of hydrogen-bond donors (Lipinski definition) is 0. The van der Waals surface area contributed by atoms with E-state index < -0.39 is 0 Å². The van der Waals surface area contributed by atoms with Gasteiger partial charge in [-0.25, -0.2) is 0 Å². The molecule has 1 heterocycles. The quantitative estimate of drug-likeness (QED) is 0.816. The van der Waals surface area contributed by atoms with Crippen LogP contribution in [0.2, 0.25) is 5.15 Å². The number of rotatable bonds is 2. The Balaban J connectivity index is 2.35. The fourth-order valence-electron chi connectivity index (χ4n) is 1.43. The third kappa shape index (κ3) is 2.63. The van der Waals surface area contributed by atoms with Crippen LogP contribution in [0.4, 0.5) is 0 Å². The number of aromatic nitrogens is 1. The van der Waals surface area contributed by atoms with Crippen LogP contribution in [0.15, 0.2) is 27.3 Å². The average Bonchev–Trinajstić information content (AvgIpc) is 2.63. The number of aryl methyl sites for hydroxylation is 2. The van der Waals surface area contributed by atoms with Gasteiger partial charge in [0.1, 0.15) is 15.8 Å². The van der Waals surface area contributed by atoms with Crippen LogP contribution in [0.3, 0.4) is 0 Å². The number of nitrogens with zero attached hydrogens (tertiary/aromatic N) is 2. The first kappa shape index (κ1) is 12.4. The van der Waals surface area contributed by atoms with Crippen molar-refractivity contribution >= 4 is 34.9 Å². The van der Waals surface area contributed by atoms with Crippen LogP contribution < -0.4 is 0 Å². The van der Waals surface area contributed by atoms with Gasteiger partial charge < -0.3 is 0 Å². The Kier molecular flexibility index (Phi) is 3.72. The van der Waals surface area contributed by atoms with Gasteiger partial charge in [-0.05, 0) is 37.0 Å². The maximum atomic E-state index is 9.00. The molecule has 2 nitrogen and oxygen atoms in total. The van der Waals surface area contributed by atoms with E-state index in [4.69, 9.17) is 16.9 Å². The molecule has 0 radical (unpaired) electrons. The van der Waals surface area contributed by atoms with Crippen LogP contribution in [0.1, 0.15) is 16.7 Å². The van der Waals surface area contributed by atoms with E-state index in [1.54, 1.807) is 11.8 Å². The van der Waals surface area contributed by atoms with Crippen LogP contribution in [-0.4, -0.2) is 4.37 Å². The molecule has 0 spiro atoms. The molecule has 0 aliphatic heterocycles. The smallest absolute Gasteiger partial charge is 0.161 e. The molecule has 0 bridgehead atoms. The molecule has 0 aliphatic carbocycles. The van der Waals surface area contributed by atoms with Crippen LogP contribution >= 0.6 is 34.9 Å². The molecule has 0 amide bonds. The molecule has 86 valence electrons. The average molecular weight is 281 g/mol. The normalized spacial score (nSPS) is 10.2. The first-order valence-corrected chi connectivity index (χ1v) is 6.89. The Morgan fingerprint density at radius 2 is 2.18 bits per heavy atom. The van der Waals surface area contributed by atoms with Gasteiger partial charge in [-0.1, -0.05) is 41.1 Å². The highest BCUT2D eigenvalue weighted by Crippen LogP contribution is 2.38. The van der Waals surface area contributed by atoms with Crippen LogP contribution in [0, 0.1) is 25.2 Å². The number of halogens is 1. The van der Waals surface area contributed by atoms with Gasteiger partial charge in [-0.3, -0.25) is 0 Å².